The summed E-state index contributed by atoms with van der Waals surface area (Å²) in [5.74, 6) is 0. The van der Waals surface area contributed by atoms with E-state index in [1.807, 2.05) is 0 Å². The summed E-state index contributed by atoms with van der Waals surface area (Å²) in [6.45, 7) is 0. The molecule has 0 unspecified atom stereocenters. The second-order valence-corrected chi connectivity index (χ2v) is 4.68. The van der Waals surface area contributed by atoms with Gasteiger partial charge in [0, 0.05) is 0 Å². The Kier molecular flexibility index (Phi) is 158. The summed E-state index contributed by atoms with van der Waals surface area (Å²) in [5, 5.41) is 0. The molecule has 29 heavy (non-hydrogen) atoms. The van der Waals surface area contributed by atoms with E-state index >= 15 is 0 Å². The third-order valence-electron chi connectivity index (χ3n) is 0. The van der Waals surface area contributed by atoms with Crippen LogP contribution in [0.25, 0.3) is 0 Å². The molecular weight excluding hydrogens is 1130 g/mol. The molecule has 0 aromatic rings. The zero-order valence-corrected chi connectivity index (χ0v) is 34.8. The summed E-state index contributed by atoms with van der Waals surface area (Å²) in [4.78, 5) is 0. The van der Waals surface area contributed by atoms with Gasteiger partial charge in [-0.15, -0.1) is 0 Å². The summed E-state index contributed by atoms with van der Waals surface area (Å²) < 4.78 is 153. The predicted octanol–water partition coefficient (Wildman–Crippen LogP) is -15.8. The van der Waals surface area contributed by atoms with Gasteiger partial charge in [-0.05, 0) is 0 Å². The van der Waals surface area contributed by atoms with Crippen molar-refractivity contribution in [1.29, 1.82) is 0 Å². The van der Waals surface area contributed by atoms with Gasteiger partial charge < -0.3 is 0 Å². The standard InChI is InChI=1S/Co.2La.6Mn.18O.2Sr/q+2;2*+3;;;;;;;;;;;;;12*-1;2*+2. The van der Waals surface area contributed by atoms with E-state index in [4.69, 9.17) is 73.3 Å². The first-order valence-electron chi connectivity index (χ1n) is 2.78. The first-order valence-corrected chi connectivity index (χ1v) is 11.5. The van der Waals surface area contributed by atoms with Crippen LogP contribution in [0.4, 0.5) is 0 Å². The van der Waals surface area contributed by atoms with Gasteiger partial charge in [0.25, 0.3) is 0 Å². The zero-order chi connectivity index (χ0) is 21.5. The van der Waals surface area contributed by atoms with Crippen molar-refractivity contribution < 1.29 is 248 Å². The van der Waals surface area contributed by atoms with Crippen LogP contribution in [-0.4, -0.2) is 91.0 Å². The molecule has 0 aromatic heterocycles. The maximum absolute atomic E-state index is 8.52. The smallest absolute Gasteiger partial charge is 2.00 e. The molecule has 0 aromatic carbocycles. The van der Waals surface area contributed by atoms with Crippen LogP contribution in [0.5, 0.6) is 0 Å². The number of hydrogen-bond donors (Lipinski definition) is 0. The fourth-order valence-corrected chi connectivity index (χ4v) is 0. The second kappa shape index (κ2) is 64.9. The fraction of sp³-hybridized carbons (Fsp3) is 0. The maximum atomic E-state index is 8.52. The van der Waals surface area contributed by atoms with Crippen molar-refractivity contribution >= 4 is 91.0 Å². The van der Waals surface area contributed by atoms with E-state index in [0.29, 0.717) is 0 Å². The SMILES string of the molecule is [Co+2].[La+3].[La+3].[O]=[Mn]([O-])[O-].[O]=[Mn]([O-])[O-].[O]=[Mn]([O-])[O-].[O]=[Mn]([O-])[O-].[O]=[Mn]([O-])[O-].[O]=[Mn]([O-])[O-].[Sr+2].[Sr+2]. The quantitative estimate of drug-likeness (QED) is 0.203. The van der Waals surface area contributed by atoms with Gasteiger partial charge in [-0.25, -0.2) is 0 Å². The largest absolute Gasteiger partial charge is 2.00 e. The van der Waals surface area contributed by atoms with Crippen LogP contribution in [0.3, 0.4) is 0 Å². The number of rotatable bonds is 0. The van der Waals surface area contributed by atoms with Gasteiger partial charge in [0.15, 0.2) is 0 Å². The Hall–Kier alpha value is 7.29. The summed E-state index contributed by atoms with van der Waals surface area (Å²) in [7, 11) is 0. The molecule has 0 aliphatic carbocycles. The van der Waals surface area contributed by atoms with Crippen molar-refractivity contribution in [2.75, 3.05) is 0 Å². The molecular formula is CoLa2Mn6O18Sr2. The Morgan fingerprint density at radius 3 is 0.310 bits per heavy atom. The molecule has 29 heteroatoms. The van der Waals surface area contributed by atoms with Gasteiger partial charge in [-0.1, -0.05) is 0 Å². The Balaban J connectivity index is -0.0000000144. The average Bonchev–Trinajstić information content (AvgIpc) is 2.08. The molecule has 0 N–H and O–H groups in total. The molecule has 0 fully saturated rings. The molecule has 0 bridgehead atoms. The van der Waals surface area contributed by atoms with Gasteiger partial charge in [0.05, 0.1) is 0 Å². The summed E-state index contributed by atoms with van der Waals surface area (Å²) >= 11 is -21.9. The van der Waals surface area contributed by atoms with Crippen LogP contribution in [0.15, 0.2) is 0 Å². The van der Waals surface area contributed by atoms with Crippen molar-refractivity contribution in [1.82, 2.24) is 0 Å². The van der Waals surface area contributed by atoms with Crippen LogP contribution in [0.1, 0.15) is 0 Å². The normalized spacial score (nSPS) is 7.24. The van der Waals surface area contributed by atoms with Crippen LogP contribution in [0, 0.1) is 71.2 Å². The Morgan fingerprint density at radius 1 is 0.310 bits per heavy atom. The van der Waals surface area contributed by atoms with Crippen LogP contribution in [0.2, 0.25) is 0 Å². The number of hydrogen-bond acceptors (Lipinski definition) is 18. The van der Waals surface area contributed by atoms with E-state index < -0.39 is 87.0 Å². The van der Waals surface area contributed by atoms with Crippen LogP contribution in [-0.2, 0) is 127 Å². The van der Waals surface area contributed by atoms with Crippen molar-refractivity contribution in [3.05, 3.63) is 0 Å². The molecule has 0 aliphatic heterocycles. The molecule has 0 rings (SSSR count). The third-order valence-corrected chi connectivity index (χ3v) is 0. The van der Waals surface area contributed by atoms with Crippen molar-refractivity contribution in [2.45, 2.75) is 0 Å². The molecule has 1 radical (unpaired) electrons. The molecule has 0 amide bonds. The van der Waals surface area contributed by atoms with E-state index in [0.717, 1.165) is 0 Å². The second-order valence-electron chi connectivity index (χ2n) is 1.13. The predicted molar refractivity (Wildman–Crippen MR) is 15.6 cm³/mol. The Bertz CT molecular complexity index is 277. The van der Waals surface area contributed by atoms with Gasteiger partial charge in [0.1, 0.15) is 0 Å². The van der Waals surface area contributed by atoms with Crippen molar-refractivity contribution in [2.24, 2.45) is 0 Å². The molecule has 0 aliphatic rings. The van der Waals surface area contributed by atoms with Crippen molar-refractivity contribution in [3.63, 3.8) is 0 Å². The van der Waals surface area contributed by atoms with E-state index in [1.165, 1.54) is 0 Å². The molecule has 0 spiro atoms. The van der Waals surface area contributed by atoms with Crippen LogP contribution < -0.4 is 50.3 Å². The van der Waals surface area contributed by atoms with Gasteiger partial charge in [0.2, 0.25) is 0 Å². The summed E-state index contributed by atoms with van der Waals surface area (Å²) in [6, 6.07) is 0. The monoisotopic (exact) mass is 1130 g/mol. The molecule has 18 nitrogen and oxygen atoms in total. The van der Waals surface area contributed by atoms with E-state index in [-0.39, 0.29) is 179 Å². The van der Waals surface area contributed by atoms with E-state index in [2.05, 4.69) is 0 Å². The Labute approximate surface area is 330 Å². The summed E-state index contributed by atoms with van der Waals surface area (Å²) in [5.41, 5.74) is 0. The van der Waals surface area contributed by atoms with Gasteiger partial charge in [-0.2, -0.15) is 0 Å². The summed E-state index contributed by atoms with van der Waals surface area (Å²) in [6.07, 6.45) is 0. The molecule has 0 saturated heterocycles. The first kappa shape index (κ1) is 70.7. The first-order chi connectivity index (χ1) is 10.4. The maximum Gasteiger partial charge on any atom is 2.00 e. The topological polar surface area (TPSA) is 379 Å². The fourth-order valence-electron chi connectivity index (χ4n) is 0. The molecule has 0 heterocycles. The minimum absolute atomic E-state index is 0. The molecule has 0 saturated carbocycles. The van der Waals surface area contributed by atoms with E-state index in [1.54, 1.807) is 0 Å². The van der Waals surface area contributed by atoms with Crippen LogP contribution >= 0.6 is 0 Å². The van der Waals surface area contributed by atoms with Gasteiger partial charge in [-0.3, -0.25) is 0 Å². The minimum atomic E-state index is -3.65. The molecule has 0 atom stereocenters. The minimum Gasteiger partial charge on any atom is 2.00 e. The Morgan fingerprint density at radius 2 is 0.310 bits per heavy atom. The van der Waals surface area contributed by atoms with Gasteiger partial charge >= 0.3 is 339 Å². The van der Waals surface area contributed by atoms with Crippen molar-refractivity contribution in [3.8, 4) is 0 Å². The average molecular weight is 1130 g/mol. The van der Waals surface area contributed by atoms with E-state index in [9.17, 15) is 0 Å². The third kappa shape index (κ3) is 735. The zero-order valence-electron chi connectivity index (χ0n) is 12.5. The molecule has 169 valence electrons.